The van der Waals surface area contributed by atoms with Gasteiger partial charge in [0.25, 0.3) is 0 Å². The molecule has 0 saturated heterocycles. The van der Waals surface area contributed by atoms with Gasteiger partial charge in [0.2, 0.25) is 5.89 Å². The second-order valence-electron chi connectivity index (χ2n) is 5.84. The number of hydrogen-bond acceptors (Lipinski definition) is 7. The van der Waals surface area contributed by atoms with Crippen molar-refractivity contribution in [2.24, 2.45) is 0 Å². The van der Waals surface area contributed by atoms with E-state index in [1.54, 1.807) is 12.1 Å². The van der Waals surface area contributed by atoms with E-state index in [-0.39, 0.29) is 5.75 Å². The Bertz CT molecular complexity index is 875. The molecule has 0 aliphatic rings. The molecule has 0 spiro atoms. The lowest BCUT2D eigenvalue weighted by Gasteiger charge is -2.13. The van der Waals surface area contributed by atoms with Crippen molar-refractivity contribution in [3.63, 3.8) is 0 Å². The molecule has 0 fully saturated rings. The SMILES string of the molecule is COc1cc(-c2nc(CN(C)Cc3nonc3C)c(C)o2)ccc1F. The maximum absolute atomic E-state index is 13.6. The summed E-state index contributed by atoms with van der Waals surface area (Å²) in [6.45, 7) is 4.85. The number of methoxy groups -OCH3 is 1. The summed E-state index contributed by atoms with van der Waals surface area (Å²) in [5.74, 6) is 0.866. The van der Waals surface area contributed by atoms with Gasteiger partial charge < -0.3 is 9.15 Å². The fourth-order valence-electron chi connectivity index (χ4n) is 2.45. The third-order valence-electron chi connectivity index (χ3n) is 3.88. The van der Waals surface area contributed by atoms with E-state index in [0.717, 1.165) is 17.1 Å². The fraction of sp³-hybridized carbons (Fsp3) is 0.353. The molecule has 1 aromatic carbocycles. The van der Waals surface area contributed by atoms with Crippen molar-refractivity contribution >= 4 is 0 Å². The number of hydrogen-bond donors (Lipinski definition) is 0. The van der Waals surface area contributed by atoms with Crippen molar-refractivity contribution in [2.75, 3.05) is 14.2 Å². The Labute approximate surface area is 144 Å². The topological polar surface area (TPSA) is 77.4 Å². The molecule has 0 saturated carbocycles. The molecule has 0 bridgehead atoms. The zero-order valence-electron chi connectivity index (χ0n) is 14.5. The summed E-state index contributed by atoms with van der Waals surface area (Å²) < 4.78 is 29.0. The first-order chi connectivity index (χ1) is 12.0. The van der Waals surface area contributed by atoms with Crippen LogP contribution in [0.15, 0.2) is 27.2 Å². The van der Waals surface area contributed by atoms with Crippen LogP contribution in [0.25, 0.3) is 11.5 Å². The van der Waals surface area contributed by atoms with Crippen LogP contribution in [0.5, 0.6) is 5.75 Å². The number of halogens is 1. The summed E-state index contributed by atoms with van der Waals surface area (Å²) in [6, 6.07) is 4.51. The molecule has 0 aliphatic carbocycles. The number of rotatable bonds is 6. The molecule has 0 amide bonds. The van der Waals surface area contributed by atoms with Gasteiger partial charge in [-0.15, -0.1) is 0 Å². The van der Waals surface area contributed by atoms with Gasteiger partial charge in [0.1, 0.15) is 17.1 Å². The van der Waals surface area contributed by atoms with Gasteiger partial charge in [-0.25, -0.2) is 14.0 Å². The maximum atomic E-state index is 13.6. The third kappa shape index (κ3) is 3.69. The predicted octanol–water partition coefficient (Wildman–Crippen LogP) is 3.12. The lowest BCUT2D eigenvalue weighted by molar-refractivity contribution is 0.277. The van der Waals surface area contributed by atoms with Crippen molar-refractivity contribution < 1.29 is 18.2 Å². The second-order valence-corrected chi connectivity index (χ2v) is 5.84. The molecule has 3 aromatic rings. The van der Waals surface area contributed by atoms with Crippen molar-refractivity contribution in [1.82, 2.24) is 20.2 Å². The molecule has 7 nitrogen and oxygen atoms in total. The van der Waals surface area contributed by atoms with Crippen molar-refractivity contribution in [3.8, 4) is 17.2 Å². The predicted molar refractivity (Wildman–Crippen MR) is 87.4 cm³/mol. The molecule has 25 heavy (non-hydrogen) atoms. The number of aryl methyl sites for hydroxylation is 2. The lowest BCUT2D eigenvalue weighted by Crippen LogP contribution is -2.18. The van der Waals surface area contributed by atoms with Gasteiger partial charge in [0, 0.05) is 18.7 Å². The Morgan fingerprint density at radius 1 is 1.16 bits per heavy atom. The van der Waals surface area contributed by atoms with Crippen LogP contribution >= 0.6 is 0 Å². The largest absolute Gasteiger partial charge is 0.494 e. The molecule has 132 valence electrons. The van der Waals surface area contributed by atoms with Gasteiger partial charge in [-0.05, 0) is 39.1 Å². The monoisotopic (exact) mass is 346 g/mol. The molecule has 0 unspecified atom stereocenters. The Morgan fingerprint density at radius 2 is 1.92 bits per heavy atom. The molecule has 8 heteroatoms. The van der Waals surface area contributed by atoms with Gasteiger partial charge >= 0.3 is 0 Å². The minimum Gasteiger partial charge on any atom is -0.494 e. The van der Waals surface area contributed by atoms with E-state index < -0.39 is 5.82 Å². The zero-order chi connectivity index (χ0) is 18.0. The number of aromatic nitrogens is 3. The smallest absolute Gasteiger partial charge is 0.226 e. The molecule has 2 heterocycles. The quantitative estimate of drug-likeness (QED) is 0.678. The van der Waals surface area contributed by atoms with Crippen molar-refractivity contribution in [1.29, 1.82) is 0 Å². The van der Waals surface area contributed by atoms with Gasteiger partial charge in [-0.2, -0.15) is 0 Å². The van der Waals surface area contributed by atoms with E-state index in [1.165, 1.54) is 13.2 Å². The minimum absolute atomic E-state index is 0.154. The maximum Gasteiger partial charge on any atom is 0.226 e. The third-order valence-corrected chi connectivity index (χ3v) is 3.88. The average Bonchev–Trinajstić information content (AvgIpc) is 3.14. The molecule has 0 N–H and O–H groups in total. The molecule has 3 rings (SSSR count). The molecule has 0 aliphatic heterocycles. The van der Waals surface area contributed by atoms with Crippen molar-refractivity contribution in [3.05, 3.63) is 46.9 Å². The molecule has 0 radical (unpaired) electrons. The van der Waals surface area contributed by atoms with E-state index in [2.05, 4.69) is 15.3 Å². The van der Waals surface area contributed by atoms with Crippen LogP contribution in [0, 0.1) is 19.7 Å². The second kappa shape index (κ2) is 7.02. The van der Waals surface area contributed by atoms with E-state index in [0.29, 0.717) is 30.3 Å². The summed E-state index contributed by atoms with van der Waals surface area (Å²) in [6.07, 6.45) is 0. The molecule has 0 atom stereocenters. The van der Waals surface area contributed by atoms with E-state index in [9.17, 15) is 4.39 Å². The Morgan fingerprint density at radius 3 is 2.60 bits per heavy atom. The summed E-state index contributed by atoms with van der Waals surface area (Å²) >= 11 is 0. The van der Waals surface area contributed by atoms with Gasteiger partial charge in [0.15, 0.2) is 11.6 Å². The van der Waals surface area contributed by atoms with Gasteiger partial charge in [-0.1, -0.05) is 10.3 Å². The normalized spacial score (nSPS) is 11.3. The summed E-state index contributed by atoms with van der Waals surface area (Å²) in [5, 5.41) is 7.65. The van der Waals surface area contributed by atoms with E-state index >= 15 is 0 Å². The van der Waals surface area contributed by atoms with Crippen LogP contribution in [-0.4, -0.2) is 34.4 Å². The highest BCUT2D eigenvalue weighted by Gasteiger charge is 2.16. The lowest BCUT2D eigenvalue weighted by atomic mass is 10.2. The van der Waals surface area contributed by atoms with Crippen LogP contribution in [-0.2, 0) is 13.1 Å². The highest BCUT2D eigenvalue weighted by Crippen LogP contribution is 2.27. The van der Waals surface area contributed by atoms with Crippen LogP contribution in [0.2, 0.25) is 0 Å². The van der Waals surface area contributed by atoms with Crippen molar-refractivity contribution in [2.45, 2.75) is 26.9 Å². The molecule has 2 aromatic heterocycles. The molecular formula is C17H19FN4O3. The van der Waals surface area contributed by atoms with E-state index in [1.807, 2.05) is 25.8 Å². The summed E-state index contributed by atoms with van der Waals surface area (Å²) in [7, 11) is 3.37. The first-order valence-corrected chi connectivity index (χ1v) is 7.74. The molecular weight excluding hydrogens is 327 g/mol. The number of ether oxygens (including phenoxy) is 1. The zero-order valence-corrected chi connectivity index (χ0v) is 14.5. The van der Waals surface area contributed by atoms with Crippen LogP contribution in [0.1, 0.15) is 22.8 Å². The summed E-state index contributed by atoms with van der Waals surface area (Å²) in [4.78, 5) is 6.57. The van der Waals surface area contributed by atoms with Crippen LogP contribution < -0.4 is 4.74 Å². The standard InChI is InChI=1S/C17H19FN4O3/c1-10-14(21-25-20-10)8-22(3)9-15-11(2)24-17(19-15)12-5-6-13(18)16(7-12)23-4/h5-7H,8-9H2,1-4H3. The number of oxazole rings is 1. The van der Waals surface area contributed by atoms with Gasteiger partial charge in [-0.3, -0.25) is 4.90 Å². The van der Waals surface area contributed by atoms with Crippen LogP contribution in [0.3, 0.4) is 0 Å². The minimum atomic E-state index is -0.425. The fourth-order valence-corrected chi connectivity index (χ4v) is 2.45. The van der Waals surface area contributed by atoms with Crippen LogP contribution in [0.4, 0.5) is 4.39 Å². The Hall–Kier alpha value is -2.74. The average molecular weight is 346 g/mol. The number of benzene rings is 1. The Balaban J connectivity index is 1.77. The highest BCUT2D eigenvalue weighted by atomic mass is 19.1. The van der Waals surface area contributed by atoms with E-state index in [4.69, 9.17) is 13.8 Å². The first kappa shape index (κ1) is 17.1. The van der Waals surface area contributed by atoms with Gasteiger partial charge in [0.05, 0.1) is 12.8 Å². The summed E-state index contributed by atoms with van der Waals surface area (Å²) in [5.41, 5.74) is 3.01. The highest BCUT2D eigenvalue weighted by molar-refractivity contribution is 5.56. The first-order valence-electron chi connectivity index (χ1n) is 7.74. The number of nitrogens with zero attached hydrogens (tertiary/aromatic N) is 4. The Kier molecular flexibility index (Phi) is 4.80.